The molecule has 0 spiro atoms. The average molecular weight is 413 g/mol. The van der Waals surface area contributed by atoms with E-state index in [4.69, 9.17) is 16.3 Å². The maximum Gasteiger partial charge on any atom is 0.416 e. The van der Waals surface area contributed by atoms with Crippen LogP contribution in [-0.4, -0.2) is 30.8 Å². The first-order chi connectivity index (χ1) is 13.1. The third kappa shape index (κ3) is 5.73. The molecule has 0 saturated heterocycles. The number of esters is 1. The number of carbonyl (C=O) groups is 1. The molecule has 4 nitrogen and oxygen atoms in total. The summed E-state index contributed by atoms with van der Waals surface area (Å²) in [5, 5.41) is 0.158. The topological polar surface area (TPSA) is 41.9 Å². The molecule has 150 valence electrons. The standard InChI is InChI=1S/C20H20ClF3N2O2/c1-4-26(3)12-25-18-10-17(21)16(8-13(18)2)19(27)28-11-14-6-5-7-15(9-14)20(22,23)24/h5-10,12H,4,11H2,1-3H3. The van der Waals surface area contributed by atoms with Crippen molar-refractivity contribution in [1.82, 2.24) is 4.90 Å². The smallest absolute Gasteiger partial charge is 0.416 e. The highest BCUT2D eigenvalue weighted by Crippen LogP contribution is 2.30. The van der Waals surface area contributed by atoms with Gasteiger partial charge < -0.3 is 9.64 Å². The van der Waals surface area contributed by atoms with E-state index in [2.05, 4.69) is 4.99 Å². The van der Waals surface area contributed by atoms with Gasteiger partial charge in [-0.3, -0.25) is 0 Å². The summed E-state index contributed by atoms with van der Waals surface area (Å²) < 4.78 is 43.4. The number of alkyl halides is 3. The number of nitrogens with zero attached hydrogens (tertiary/aromatic N) is 2. The van der Waals surface area contributed by atoms with Crippen molar-refractivity contribution in [2.75, 3.05) is 13.6 Å². The van der Waals surface area contributed by atoms with Crippen molar-refractivity contribution in [2.45, 2.75) is 26.6 Å². The molecule has 0 atom stereocenters. The minimum Gasteiger partial charge on any atom is -0.457 e. The molecule has 0 saturated carbocycles. The van der Waals surface area contributed by atoms with Gasteiger partial charge >= 0.3 is 12.1 Å². The van der Waals surface area contributed by atoms with Gasteiger partial charge in [-0.15, -0.1) is 0 Å². The predicted octanol–water partition coefficient (Wildman–Crippen LogP) is 5.64. The van der Waals surface area contributed by atoms with Crippen molar-refractivity contribution in [3.05, 3.63) is 63.7 Å². The first-order valence-electron chi connectivity index (χ1n) is 8.49. The summed E-state index contributed by atoms with van der Waals surface area (Å²) in [7, 11) is 1.87. The van der Waals surface area contributed by atoms with Crippen LogP contribution < -0.4 is 0 Å². The van der Waals surface area contributed by atoms with Gasteiger partial charge in [-0.1, -0.05) is 23.7 Å². The van der Waals surface area contributed by atoms with E-state index in [1.807, 2.05) is 18.9 Å². The number of ether oxygens (including phenoxy) is 1. The highest BCUT2D eigenvalue weighted by atomic mass is 35.5. The van der Waals surface area contributed by atoms with Gasteiger partial charge in [0.15, 0.2) is 0 Å². The van der Waals surface area contributed by atoms with E-state index in [1.165, 1.54) is 12.1 Å². The molecule has 0 amide bonds. The van der Waals surface area contributed by atoms with Gasteiger partial charge in [0.05, 0.1) is 28.2 Å². The fraction of sp³-hybridized carbons (Fsp3) is 0.300. The van der Waals surface area contributed by atoms with Gasteiger partial charge in [-0.2, -0.15) is 13.2 Å². The van der Waals surface area contributed by atoms with Gasteiger partial charge in [0, 0.05) is 13.6 Å². The number of hydrogen-bond acceptors (Lipinski definition) is 3. The Morgan fingerprint density at radius 2 is 2.00 bits per heavy atom. The number of halogens is 4. The van der Waals surface area contributed by atoms with Crippen molar-refractivity contribution < 1.29 is 22.7 Å². The van der Waals surface area contributed by atoms with Crippen LogP contribution in [0.15, 0.2) is 41.4 Å². The van der Waals surface area contributed by atoms with E-state index in [9.17, 15) is 18.0 Å². The number of rotatable bonds is 6. The molecular weight excluding hydrogens is 393 g/mol. The summed E-state index contributed by atoms with van der Waals surface area (Å²) in [4.78, 5) is 18.5. The zero-order chi connectivity index (χ0) is 20.9. The van der Waals surface area contributed by atoms with E-state index in [0.717, 1.165) is 24.2 Å². The second-order valence-electron chi connectivity index (χ2n) is 6.21. The van der Waals surface area contributed by atoms with Crippen molar-refractivity contribution >= 4 is 29.6 Å². The number of hydrogen-bond donors (Lipinski definition) is 0. The molecule has 0 aliphatic heterocycles. The predicted molar refractivity (Wildman–Crippen MR) is 103 cm³/mol. The minimum absolute atomic E-state index is 0.133. The number of carbonyl (C=O) groups excluding carboxylic acids is 1. The molecule has 0 fully saturated rings. The van der Waals surface area contributed by atoms with Crippen molar-refractivity contribution in [1.29, 1.82) is 0 Å². The highest BCUT2D eigenvalue weighted by Gasteiger charge is 2.30. The lowest BCUT2D eigenvalue weighted by Crippen LogP contribution is -2.14. The fourth-order valence-electron chi connectivity index (χ4n) is 2.27. The Morgan fingerprint density at radius 1 is 1.29 bits per heavy atom. The Labute approximate surface area is 166 Å². The highest BCUT2D eigenvalue weighted by molar-refractivity contribution is 6.33. The SMILES string of the molecule is CCN(C)C=Nc1cc(Cl)c(C(=O)OCc2cccc(C(F)(F)F)c2)cc1C. The maximum absolute atomic E-state index is 12.8. The average Bonchev–Trinajstić information content (AvgIpc) is 2.65. The molecule has 0 N–H and O–H groups in total. The van der Waals surface area contributed by atoms with Crippen LogP contribution in [0.2, 0.25) is 5.02 Å². The molecule has 0 heterocycles. The summed E-state index contributed by atoms with van der Waals surface area (Å²) >= 11 is 6.18. The van der Waals surface area contributed by atoms with Crippen LogP contribution in [0.4, 0.5) is 18.9 Å². The zero-order valence-electron chi connectivity index (χ0n) is 15.7. The molecule has 2 rings (SSSR count). The van der Waals surface area contributed by atoms with E-state index < -0.39 is 17.7 Å². The fourth-order valence-corrected chi connectivity index (χ4v) is 2.51. The minimum atomic E-state index is -4.46. The summed E-state index contributed by atoms with van der Waals surface area (Å²) in [6, 6.07) is 7.73. The zero-order valence-corrected chi connectivity index (χ0v) is 16.4. The van der Waals surface area contributed by atoms with Gasteiger partial charge in [-0.25, -0.2) is 9.79 Å². The first kappa shape index (κ1) is 21.8. The molecule has 2 aromatic rings. The van der Waals surface area contributed by atoms with Crippen molar-refractivity contribution in [2.24, 2.45) is 4.99 Å². The summed E-state index contributed by atoms with van der Waals surface area (Å²) in [6.07, 6.45) is -2.80. The summed E-state index contributed by atoms with van der Waals surface area (Å²) in [6.45, 7) is 4.25. The molecule has 0 aliphatic carbocycles. The lowest BCUT2D eigenvalue weighted by Gasteiger charge is -2.12. The van der Waals surface area contributed by atoms with Crippen molar-refractivity contribution in [3.63, 3.8) is 0 Å². The Morgan fingerprint density at radius 3 is 2.64 bits per heavy atom. The summed E-state index contributed by atoms with van der Waals surface area (Å²) in [5.74, 6) is -0.716. The monoisotopic (exact) mass is 412 g/mol. The van der Waals surface area contributed by atoms with Crippen LogP contribution in [0, 0.1) is 6.92 Å². The Kier molecular flexibility index (Phi) is 7.07. The third-order valence-electron chi connectivity index (χ3n) is 4.02. The van der Waals surface area contributed by atoms with E-state index in [-0.39, 0.29) is 22.8 Å². The van der Waals surface area contributed by atoms with E-state index in [1.54, 1.807) is 25.4 Å². The molecular formula is C20H20ClF3N2O2. The van der Waals surface area contributed by atoms with Crippen molar-refractivity contribution in [3.8, 4) is 0 Å². The lowest BCUT2D eigenvalue weighted by atomic mass is 10.1. The van der Waals surface area contributed by atoms with Crippen LogP contribution >= 0.6 is 11.6 Å². The van der Waals surface area contributed by atoms with Crippen LogP contribution in [0.25, 0.3) is 0 Å². The van der Waals surface area contributed by atoms with Crippen LogP contribution in [0.3, 0.4) is 0 Å². The first-order valence-corrected chi connectivity index (χ1v) is 8.87. The van der Waals surface area contributed by atoms with E-state index in [0.29, 0.717) is 5.69 Å². The second-order valence-corrected chi connectivity index (χ2v) is 6.62. The molecule has 0 radical (unpaired) electrons. The number of benzene rings is 2. The van der Waals surface area contributed by atoms with Crippen LogP contribution in [0.5, 0.6) is 0 Å². The molecule has 0 aliphatic rings. The van der Waals surface area contributed by atoms with Gasteiger partial charge in [-0.05, 0) is 49.2 Å². The van der Waals surface area contributed by atoms with Gasteiger partial charge in [0.1, 0.15) is 6.61 Å². The molecule has 8 heteroatoms. The van der Waals surface area contributed by atoms with Crippen LogP contribution in [-0.2, 0) is 17.5 Å². The number of aliphatic imine (C=N–C) groups is 1. The summed E-state index contributed by atoms with van der Waals surface area (Å²) in [5.41, 5.74) is 0.902. The molecule has 0 aromatic heterocycles. The molecule has 2 aromatic carbocycles. The normalized spacial score (nSPS) is 11.7. The Hall–Kier alpha value is -2.54. The van der Waals surface area contributed by atoms with Gasteiger partial charge in [0.25, 0.3) is 0 Å². The Balaban J connectivity index is 2.13. The quantitative estimate of drug-likeness (QED) is 0.350. The van der Waals surface area contributed by atoms with Gasteiger partial charge in [0.2, 0.25) is 0 Å². The number of aryl methyl sites for hydroxylation is 1. The molecule has 0 bridgehead atoms. The largest absolute Gasteiger partial charge is 0.457 e. The van der Waals surface area contributed by atoms with E-state index >= 15 is 0 Å². The Bertz CT molecular complexity index is 882. The maximum atomic E-state index is 12.8. The lowest BCUT2D eigenvalue weighted by molar-refractivity contribution is -0.137. The molecule has 28 heavy (non-hydrogen) atoms. The van der Waals surface area contributed by atoms with Crippen LogP contribution in [0.1, 0.15) is 34.0 Å². The third-order valence-corrected chi connectivity index (χ3v) is 4.34. The second kappa shape index (κ2) is 9.10. The molecule has 0 unspecified atom stereocenters.